The van der Waals surface area contributed by atoms with Gasteiger partial charge in [0.15, 0.2) is 0 Å². The minimum absolute atomic E-state index is 0.0142. The molecule has 1 radical (unpaired) electrons. The molecular weight excluding hydrogens is 180 g/mol. The van der Waals surface area contributed by atoms with E-state index >= 15 is 0 Å². The van der Waals surface area contributed by atoms with Gasteiger partial charge in [-0.15, -0.1) is 0 Å². The SMILES string of the molecule is CC(C)(C)CNC(=O)C1COCC[N]1. The quantitative estimate of drug-likeness (QED) is 0.688. The minimum atomic E-state index is -0.300. The van der Waals surface area contributed by atoms with Gasteiger partial charge in [-0.3, -0.25) is 4.79 Å². The maximum absolute atomic E-state index is 11.6. The third-order valence-corrected chi connectivity index (χ3v) is 1.96. The predicted molar refractivity (Wildman–Crippen MR) is 54.1 cm³/mol. The Bertz CT molecular complexity index is 193. The van der Waals surface area contributed by atoms with Crippen molar-refractivity contribution in [1.82, 2.24) is 10.6 Å². The molecule has 1 atom stereocenters. The monoisotopic (exact) mass is 199 g/mol. The first-order valence-corrected chi connectivity index (χ1v) is 5.01. The molecule has 0 aromatic carbocycles. The molecule has 1 N–H and O–H groups in total. The first kappa shape index (κ1) is 11.5. The van der Waals surface area contributed by atoms with Crippen molar-refractivity contribution in [2.75, 3.05) is 26.3 Å². The summed E-state index contributed by atoms with van der Waals surface area (Å²) < 4.78 is 5.18. The van der Waals surface area contributed by atoms with Gasteiger partial charge in [0.25, 0.3) is 0 Å². The molecule has 1 rings (SSSR count). The molecule has 1 aliphatic heterocycles. The zero-order valence-electron chi connectivity index (χ0n) is 9.17. The van der Waals surface area contributed by atoms with E-state index in [1.807, 2.05) is 0 Å². The molecular formula is C10H19N2O2. The van der Waals surface area contributed by atoms with E-state index in [4.69, 9.17) is 4.74 Å². The number of hydrogen-bond acceptors (Lipinski definition) is 2. The lowest BCUT2D eigenvalue weighted by atomic mass is 9.97. The van der Waals surface area contributed by atoms with Gasteiger partial charge in [0.2, 0.25) is 5.91 Å². The van der Waals surface area contributed by atoms with Crippen LogP contribution in [-0.2, 0) is 9.53 Å². The Labute approximate surface area is 85.4 Å². The van der Waals surface area contributed by atoms with Crippen LogP contribution in [0.2, 0.25) is 0 Å². The van der Waals surface area contributed by atoms with Crippen molar-refractivity contribution < 1.29 is 9.53 Å². The molecule has 81 valence electrons. The number of carbonyl (C=O) groups excluding carboxylic acids is 1. The maximum Gasteiger partial charge on any atom is 0.241 e. The highest BCUT2D eigenvalue weighted by molar-refractivity contribution is 5.81. The van der Waals surface area contributed by atoms with Crippen molar-refractivity contribution >= 4 is 5.91 Å². The fraction of sp³-hybridized carbons (Fsp3) is 0.900. The number of morpholine rings is 1. The van der Waals surface area contributed by atoms with Gasteiger partial charge in [-0.1, -0.05) is 20.8 Å². The summed E-state index contributed by atoms with van der Waals surface area (Å²) >= 11 is 0. The number of amides is 1. The van der Waals surface area contributed by atoms with Gasteiger partial charge in [0.05, 0.1) is 13.2 Å². The highest BCUT2D eigenvalue weighted by atomic mass is 16.5. The third kappa shape index (κ3) is 4.07. The molecule has 0 aromatic heterocycles. The number of carbonyl (C=O) groups is 1. The van der Waals surface area contributed by atoms with Gasteiger partial charge in [-0.2, -0.15) is 0 Å². The lowest BCUT2D eigenvalue weighted by Crippen LogP contribution is -2.49. The highest BCUT2D eigenvalue weighted by Gasteiger charge is 2.23. The molecule has 1 aliphatic rings. The van der Waals surface area contributed by atoms with Crippen molar-refractivity contribution in [3.63, 3.8) is 0 Å². The van der Waals surface area contributed by atoms with Gasteiger partial charge in [0, 0.05) is 13.1 Å². The fourth-order valence-electron chi connectivity index (χ4n) is 1.15. The largest absolute Gasteiger partial charge is 0.378 e. The van der Waals surface area contributed by atoms with Gasteiger partial charge < -0.3 is 10.1 Å². The Hall–Kier alpha value is -0.610. The summed E-state index contributed by atoms with van der Waals surface area (Å²) in [5, 5.41) is 7.07. The average Bonchev–Trinajstić information content (AvgIpc) is 2.14. The summed E-state index contributed by atoms with van der Waals surface area (Å²) in [7, 11) is 0. The van der Waals surface area contributed by atoms with Crippen molar-refractivity contribution in [3.8, 4) is 0 Å². The van der Waals surface area contributed by atoms with E-state index < -0.39 is 0 Å². The Balaban J connectivity index is 2.27. The Morgan fingerprint density at radius 2 is 2.29 bits per heavy atom. The van der Waals surface area contributed by atoms with Crippen LogP contribution in [0.5, 0.6) is 0 Å². The summed E-state index contributed by atoms with van der Waals surface area (Å²) in [6.45, 7) is 8.63. The van der Waals surface area contributed by atoms with Gasteiger partial charge >= 0.3 is 0 Å². The number of nitrogens with one attached hydrogen (secondary N) is 1. The van der Waals surface area contributed by atoms with Crippen molar-refractivity contribution in [3.05, 3.63) is 0 Å². The molecule has 0 saturated carbocycles. The van der Waals surface area contributed by atoms with E-state index in [0.29, 0.717) is 26.3 Å². The summed E-state index contributed by atoms with van der Waals surface area (Å²) in [6.07, 6.45) is 0. The molecule has 1 amide bonds. The molecule has 0 aromatic rings. The second kappa shape index (κ2) is 4.75. The smallest absolute Gasteiger partial charge is 0.241 e. The molecule has 1 fully saturated rings. The first-order valence-electron chi connectivity index (χ1n) is 5.01. The second-order valence-electron chi connectivity index (χ2n) is 4.78. The van der Waals surface area contributed by atoms with E-state index in [-0.39, 0.29) is 17.4 Å². The van der Waals surface area contributed by atoms with Crippen LogP contribution in [0.25, 0.3) is 0 Å². The van der Waals surface area contributed by atoms with Crippen LogP contribution in [0, 0.1) is 5.41 Å². The fourth-order valence-corrected chi connectivity index (χ4v) is 1.15. The third-order valence-electron chi connectivity index (χ3n) is 1.96. The molecule has 0 aliphatic carbocycles. The van der Waals surface area contributed by atoms with Crippen LogP contribution in [0.4, 0.5) is 0 Å². The van der Waals surface area contributed by atoms with E-state index in [2.05, 4.69) is 31.4 Å². The van der Waals surface area contributed by atoms with Gasteiger partial charge in [-0.05, 0) is 5.41 Å². The second-order valence-corrected chi connectivity index (χ2v) is 4.78. The van der Waals surface area contributed by atoms with Crippen LogP contribution in [0.1, 0.15) is 20.8 Å². The molecule has 1 unspecified atom stereocenters. The Morgan fingerprint density at radius 1 is 1.57 bits per heavy atom. The van der Waals surface area contributed by atoms with Crippen LogP contribution in [0.3, 0.4) is 0 Å². The molecule has 1 saturated heterocycles. The first-order chi connectivity index (χ1) is 6.49. The normalized spacial score (nSPS) is 23.2. The summed E-state index contributed by atoms with van der Waals surface area (Å²) in [4.78, 5) is 11.6. The summed E-state index contributed by atoms with van der Waals surface area (Å²) in [6, 6.07) is -0.300. The zero-order valence-corrected chi connectivity index (χ0v) is 9.17. The van der Waals surface area contributed by atoms with Crippen LogP contribution in [0.15, 0.2) is 0 Å². The maximum atomic E-state index is 11.6. The van der Waals surface area contributed by atoms with Crippen molar-refractivity contribution in [2.24, 2.45) is 5.41 Å². The number of rotatable bonds is 2. The standard InChI is InChI=1S/C10H19N2O2/c1-10(2,3)7-12-9(13)8-6-14-5-4-11-8/h8H,4-7H2,1-3H3,(H,12,13). The number of hydrogen-bond donors (Lipinski definition) is 1. The highest BCUT2D eigenvalue weighted by Crippen LogP contribution is 2.10. The van der Waals surface area contributed by atoms with Crippen LogP contribution in [-0.4, -0.2) is 38.3 Å². The molecule has 1 heterocycles. The van der Waals surface area contributed by atoms with E-state index in [0.717, 1.165) is 0 Å². The molecule has 0 bridgehead atoms. The van der Waals surface area contributed by atoms with Crippen molar-refractivity contribution in [2.45, 2.75) is 26.8 Å². The van der Waals surface area contributed by atoms with Crippen molar-refractivity contribution in [1.29, 1.82) is 0 Å². The number of nitrogens with zero attached hydrogens (tertiary/aromatic N) is 1. The van der Waals surface area contributed by atoms with E-state index in [9.17, 15) is 4.79 Å². The average molecular weight is 199 g/mol. The molecule has 0 spiro atoms. The Morgan fingerprint density at radius 3 is 2.79 bits per heavy atom. The van der Waals surface area contributed by atoms with Crippen LogP contribution >= 0.6 is 0 Å². The summed E-state index contributed by atoms with van der Waals surface area (Å²) in [5.74, 6) is -0.0142. The Kier molecular flexibility index (Phi) is 3.89. The molecule has 4 heteroatoms. The van der Waals surface area contributed by atoms with E-state index in [1.54, 1.807) is 0 Å². The molecule has 4 nitrogen and oxygen atoms in total. The lowest BCUT2D eigenvalue weighted by Gasteiger charge is -2.24. The lowest BCUT2D eigenvalue weighted by molar-refractivity contribution is -0.126. The predicted octanol–water partition coefficient (Wildman–Crippen LogP) is 0.152. The van der Waals surface area contributed by atoms with Gasteiger partial charge in [0.1, 0.15) is 6.04 Å². The summed E-state index contributed by atoms with van der Waals surface area (Å²) in [5.41, 5.74) is 0.116. The van der Waals surface area contributed by atoms with E-state index in [1.165, 1.54) is 0 Å². The number of ether oxygens (including phenoxy) is 1. The van der Waals surface area contributed by atoms with Gasteiger partial charge in [-0.25, -0.2) is 5.32 Å². The topological polar surface area (TPSA) is 52.4 Å². The molecule has 14 heavy (non-hydrogen) atoms. The van der Waals surface area contributed by atoms with Crippen LogP contribution < -0.4 is 10.6 Å². The zero-order chi connectivity index (χ0) is 10.6. The minimum Gasteiger partial charge on any atom is -0.378 e.